The van der Waals surface area contributed by atoms with E-state index in [-0.39, 0.29) is 11.9 Å². The van der Waals surface area contributed by atoms with Crippen molar-refractivity contribution in [1.29, 1.82) is 0 Å². The monoisotopic (exact) mass is 275 g/mol. The second-order valence-electron chi connectivity index (χ2n) is 4.67. The third-order valence-electron chi connectivity index (χ3n) is 3.34. The van der Waals surface area contributed by atoms with Crippen LogP contribution in [0.15, 0.2) is 41.3 Å². The maximum absolute atomic E-state index is 13.4. The van der Waals surface area contributed by atoms with Gasteiger partial charge in [0.1, 0.15) is 5.82 Å². The second kappa shape index (κ2) is 5.76. The summed E-state index contributed by atoms with van der Waals surface area (Å²) in [5, 5.41) is 0. The van der Waals surface area contributed by atoms with Gasteiger partial charge in [-0.15, -0.1) is 11.8 Å². The Morgan fingerprint density at radius 1 is 1.11 bits per heavy atom. The number of thioether (sulfide) groups is 1. The van der Waals surface area contributed by atoms with Crippen LogP contribution in [0.25, 0.3) is 0 Å². The van der Waals surface area contributed by atoms with E-state index >= 15 is 0 Å². The maximum atomic E-state index is 13.4. The van der Waals surface area contributed by atoms with Gasteiger partial charge >= 0.3 is 0 Å². The zero-order chi connectivity index (χ0) is 14.0. The minimum atomic E-state index is -0.218. The number of aryl methyl sites for hydroxylation is 2. The number of hydrogen-bond donors (Lipinski definition) is 1. The highest BCUT2D eigenvalue weighted by atomic mass is 32.2. The molecule has 2 rings (SSSR count). The van der Waals surface area contributed by atoms with E-state index in [2.05, 4.69) is 6.07 Å². The van der Waals surface area contributed by atoms with Crippen LogP contribution in [0.3, 0.4) is 0 Å². The lowest BCUT2D eigenvalue weighted by Crippen LogP contribution is -2.16. The molecule has 0 aliphatic carbocycles. The summed E-state index contributed by atoms with van der Waals surface area (Å²) in [7, 11) is 0. The van der Waals surface area contributed by atoms with Crippen LogP contribution in [0.2, 0.25) is 0 Å². The number of benzene rings is 2. The molecule has 0 radical (unpaired) electrons. The summed E-state index contributed by atoms with van der Waals surface area (Å²) in [5.41, 5.74) is 10.3. The molecule has 0 spiro atoms. The van der Waals surface area contributed by atoms with Crippen LogP contribution in [0.1, 0.15) is 28.3 Å². The third-order valence-corrected chi connectivity index (χ3v) is 4.16. The molecular weight excluding hydrogens is 257 g/mol. The van der Waals surface area contributed by atoms with Gasteiger partial charge in [-0.1, -0.05) is 18.2 Å². The number of hydrogen-bond acceptors (Lipinski definition) is 2. The van der Waals surface area contributed by atoms with Gasteiger partial charge in [0.2, 0.25) is 0 Å². The average molecular weight is 275 g/mol. The van der Waals surface area contributed by atoms with Crippen LogP contribution in [0.4, 0.5) is 4.39 Å². The molecule has 3 heteroatoms. The van der Waals surface area contributed by atoms with Gasteiger partial charge in [-0.2, -0.15) is 0 Å². The molecule has 100 valence electrons. The van der Waals surface area contributed by atoms with Crippen molar-refractivity contribution in [3.8, 4) is 0 Å². The molecule has 0 heterocycles. The molecule has 0 aliphatic heterocycles. The molecule has 1 nitrogen and oxygen atoms in total. The third kappa shape index (κ3) is 2.82. The van der Waals surface area contributed by atoms with Crippen LogP contribution in [0, 0.1) is 19.7 Å². The van der Waals surface area contributed by atoms with Gasteiger partial charge in [-0.05, 0) is 60.6 Å². The van der Waals surface area contributed by atoms with E-state index in [0.717, 1.165) is 27.1 Å². The van der Waals surface area contributed by atoms with Crippen molar-refractivity contribution in [2.75, 3.05) is 6.26 Å². The molecule has 0 saturated heterocycles. The molecule has 2 N–H and O–H groups in total. The van der Waals surface area contributed by atoms with Crippen molar-refractivity contribution in [2.24, 2.45) is 5.73 Å². The molecule has 1 unspecified atom stereocenters. The smallest absolute Gasteiger partial charge is 0.123 e. The molecule has 1 atom stereocenters. The Kier molecular flexibility index (Phi) is 4.27. The van der Waals surface area contributed by atoms with Crippen LogP contribution in [-0.2, 0) is 0 Å². The molecule has 0 amide bonds. The van der Waals surface area contributed by atoms with E-state index in [9.17, 15) is 4.39 Å². The van der Waals surface area contributed by atoms with Crippen molar-refractivity contribution in [3.05, 3.63) is 64.5 Å². The topological polar surface area (TPSA) is 26.0 Å². The molecule has 0 bridgehead atoms. The zero-order valence-corrected chi connectivity index (χ0v) is 12.2. The Labute approximate surface area is 118 Å². The first-order valence-corrected chi connectivity index (χ1v) is 7.42. The van der Waals surface area contributed by atoms with E-state index in [1.54, 1.807) is 23.9 Å². The highest BCUT2D eigenvalue weighted by Gasteiger charge is 2.17. The normalized spacial score (nSPS) is 12.5. The number of halogens is 1. The summed E-state index contributed by atoms with van der Waals surface area (Å²) in [6.07, 6.45) is 2.04. The highest BCUT2D eigenvalue weighted by molar-refractivity contribution is 7.98. The van der Waals surface area contributed by atoms with E-state index < -0.39 is 0 Å². The minimum Gasteiger partial charge on any atom is -0.320 e. The van der Waals surface area contributed by atoms with Gasteiger partial charge in [-0.3, -0.25) is 0 Å². The predicted octanol–water partition coefficient (Wildman–Crippen LogP) is 4.21. The summed E-state index contributed by atoms with van der Waals surface area (Å²) < 4.78 is 13.4. The fraction of sp³-hybridized carbons (Fsp3) is 0.250. The molecule has 2 aromatic carbocycles. The van der Waals surface area contributed by atoms with E-state index in [0.29, 0.717) is 0 Å². The van der Waals surface area contributed by atoms with Crippen molar-refractivity contribution in [2.45, 2.75) is 24.8 Å². The largest absolute Gasteiger partial charge is 0.320 e. The van der Waals surface area contributed by atoms with Crippen molar-refractivity contribution < 1.29 is 4.39 Å². The predicted molar refractivity (Wildman–Crippen MR) is 80.1 cm³/mol. The first kappa shape index (κ1) is 14.1. The molecule has 19 heavy (non-hydrogen) atoms. The van der Waals surface area contributed by atoms with Crippen LogP contribution < -0.4 is 5.73 Å². The zero-order valence-electron chi connectivity index (χ0n) is 11.4. The summed E-state index contributed by atoms with van der Waals surface area (Å²) in [6, 6.07) is 11.0. The van der Waals surface area contributed by atoms with Crippen LogP contribution >= 0.6 is 11.8 Å². The first-order chi connectivity index (χ1) is 9.04. The van der Waals surface area contributed by atoms with Gasteiger partial charge in [-0.25, -0.2) is 4.39 Å². The summed E-state index contributed by atoms with van der Waals surface area (Å²) in [6.45, 7) is 3.82. The first-order valence-electron chi connectivity index (χ1n) is 6.19. The minimum absolute atomic E-state index is 0.205. The summed E-state index contributed by atoms with van der Waals surface area (Å²) >= 11 is 1.68. The Bertz CT molecular complexity index is 572. The maximum Gasteiger partial charge on any atom is 0.123 e. The van der Waals surface area contributed by atoms with Crippen molar-refractivity contribution in [3.63, 3.8) is 0 Å². The fourth-order valence-electron chi connectivity index (χ4n) is 2.49. The summed E-state index contributed by atoms with van der Waals surface area (Å²) in [4.78, 5) is 1.16. The van der Waals surface area contributed by atoms with Gasteiger partial charge in [0.15, 0.2) is 0 Å². The fourth-order valence-corrected chi connectivity index (χ4v) is 3.14. The molecule has 0 saturated carbocycles. The SMILES string of the molecule is CSc1ccccc1C(N)c1c(C)cc(F)cc1C. The highest BCUT2D eigenvalue weighted by Crippen LogP contribution is 2.32. The van der Waals surface area contributed by atoms with E-state index in [1.807, 2.05) is 38.3 Å². The summed E-state index contributed by atoms with van der Waals surface area (Å²) in [5.74, 6) is -0.205. The molecular formula is C16H18FNS. The molecule has 0 aliphatic rings. The lowest BCUT2D eigenvalue weighted by Gasteiger charge is -2.20. The molecule has 0 aromatic heterocycles. The van der Waals surface area contributed by atoms with Crippen LogP contribution in [0.5, 0.6) is 0 Å². The Morgan fingerprint density at radius 3 is 2.26 bits per heavy atom. The quantitative estimate of drug-likeness (QED) is 0.849. The standard InChI is InChI=1S/C16H18FNS/c1-10-8-12(17)9-11(2)15(10)16(18)13-6-4-5-7-14(13)19-3/h4-9,16H,18H2,1-3H3. The lowest BCUT2D eigenvalue weighted by atomic mass is 9.92. The Hall–Kier alpha value is -1.32. The number of rotatable bonds is 3. The van der Waals surface area contributed by atoms with Crippen molar-refractivity contribution in [1.82, 2.24) is 0 Å². The molecule has 2 aromatic rings. The van der Waals surface area contributed by atoms with Gasteiger partial charge in [0, 0.05) is 4.90 Å². The van der Waals surface area contributed by atoms with E-state index in [4.69, 9.17) is 5.73 Å². The van der Waals surface area contributed by atoms with E-state index in [1.165, 1.54) is 0 Å². The van der Waals surface area contributed by atoms with Gasteiger partial charge in [0.25, 0.3) is 0 Å². The van der Waals surface area contributed by atoms with Crippen molar-refractivity contribution >= 4 is 11.8 Å². The Balaban J connectivity index is 2.53. The average Bonchev–Trinajstić information content (AvgIpc) is 2.37. The number of nitrogens with two attached hydrogens (primary N) is 1. The van der Waals surface area contributed by atoms with Crippen LogP contribution in [-0.4, -0.2) is 6.26 Å². The Morgan fingerprint density at radius 2 is 1.68 bits per heavy atom. The van der Waals surface area contributed by atoms with Gasteiger partial charge in [0.05, 0.1) is 6.04 Å². The molecule has 0 fully saturated rings. The lowest BCUT2D eigenvalue weighted by molar-refractivity contribution is 0.623. The van der Waals surface area contributed by atoms with Gasteiger partial charge < -0.3 is 5.73 Å². The second-order valence-corrected chi connectivity index (χ2v) is 5.52.